The summed E-state index contributed by atoms with van der Waals surface area (Å²) in [6.45, 7) is 1.06. The number of primary amides is 1. The molecule has 0 saturated carbocycles. The molecule has 3 amide bonds. The monoisotopic (exact) mass is 574 g/mol. The second kappa shape index (κ2) is 13.5. The summed E-state index contributed by atoms with van der Waals surface area (Å²) < 4.78 is 4.87. The van der Waals surface area contributed by atoms with Gasteiger partial charge in [0.2, 0.25) is 5.91 Å². The largest absolute Gasteiger partial charge is 0.477 e. The number of carbonyl (C=O) groups excluding carboxylic acids is 3. The average molecular weight is 575 g/mol. The number of thioether (sulfide) groups is 1. The lowest BCUT2D eigenvalue weighted by molar-refractivity contribution is -0.151. The van der Waals surface area contributed by atoms with Crippen molar-refractivity contribution in [3.05, 3.63) is 70.2 Å². The van der Waals surface area contributed by atoms with Gasteiger partial charge < -0.3 is 31.0 Å². The van der Waals surface area contributed by atoms with Crippen LogP contribution in [0.4, 0.5) is 4.79 Å². The zero-order chi connectivity index (χ0) is 28.5. The van der Waals surface area contributed by atoms with Crippen molar-refractivity contribution in [1.29, 1.82) is 0 Å². The molecule has 3 aromatic rings. The maximum Gasteiger partial charge on any atom is 0.402 e. The summed E-state index contributed by atoms with van der Waals surface area (Å²) in [5.41, 5.74) is 5.44. The van der Waals surface area contributed by atoms with Gasteiger partial charge in [0.15, 0.2) is 0 Å². The van der Waals surface area contributed by atoms with Gasteiger partial charge in [0.05, 0.1) is 6.42 Å². The van der Waals surface area contributed by atoms with Crippen molar-refractivity contribution in [2.24, 2.45) is 5.73 Å². The van der Waals surface area contributed by atoms with E-state index in [-0.39, 0.29) is 24.6 Å². The molecule has 12 nitrogen and oxygen atoms in total. The number of amides is 3. The number of carboxylic acid groups (broad SMARTS) is 2. The van der Waals surface area contributed by atoms with Crippen molar-refractivity contribution < 1.29 is 38.9 Å². The number of hydrogen-bond acceptors (Lipinski definition) is 8. The summed E-state index contributed by atoms with van der Waals surface area (Å²) in [6, 6.07) is 13.2. The average Bonchev–Trinajstić information content (AvgIpc) is 3.57. The number of β-lactam (4-membered cyclic amide) rings is 1. The first-order valence-electron chi connectivity index (χ1n) is 11.4. The first-order valence-corrected chi connectivity index (χ1v) is 13.4. The summed E-state index contributed by atoms with van der Waals surface area (Å²) in [5, 5.41) is 22.0. The maximum atomic E-state index is 12.4. The minimum absolute atomic E-state index is 0.163. The normalized spacial score (nSPS) is 17.5. The molecule has 2 atom stereocenters. The van der Waals surface area contributed by atoms with Crippen LogP contribution in [0, 0.1) is 0 Å². The number of nitrogens with two attached hydrogens (primary N) is 1. The summed E-state index contributed by atoms with van der Waals surface area (Å²) in [7, 11) is 0. The van der Waals surface area contributed by atoms with Crippen LogP contribution in [0.1, 0.15) is 11.8 Å². The molecule has 2 aromatic heterocycles. The Morgan fingerprint density at radius 3 is 2.49 bits per heavy atom. The van der Waals surface area contributed by atoms with Crippen molar-refractivity contribution in [1.82, 2.24) is 15.2 Å². The van der Waals surface area contributed by atoms with Crippen molar-refractivity contribution in [3.63, 3.8) is 0 Å². The van der Waals surface area contributed by atoms with Crippen molar-refractivity contribution in [3.8, 4) is 0 Å². The Morgan fingerprint density at radius 2 is 1.87 bits per heavy atom. The van der Waals surface area contributed by atoms with E-state index in [2.05, 4.69) is 34.2 Å². The first kappa shape index (κ1) is 29.3. The Balaban J connectivity index is 0.000000264. The van der Waals surface area contributed by atoms with Crippen molar-refractivity contribution >= 4 is 63.8 Å². The predicted octanol–water partition coefficient (Wildman–Crippen LogP) is 2.38. The molecule has 0 radical (unpaired) electrons. The van der Waals surface area contributed by atoms with E-state index in [9.17, 15) is 24.3 Å². The summed E-state index contributed by atoms with van der Waals surface area (Å²) >= 11 is 2.79. The van der Waals surface area contributed by atoms with Gasteiger partial charge in [0.1, 0.15) is 23.7 Å². The number of esters is 1. The second-order valence-corrected chi connectivity index (χ2v) is 10.3. The number of para-hydroxylation sites is 1. The van der Waals surface area contributed by atoms with E-state index in [1.807, 2.05) is 35.8 Å². The van der Waals surface area contributed by atoms with Crippen LogP contribution >= 0.6 is 23.1 Å². The summed E-state index contributed by atoms with van der Waals surface area (Å²) in [4.78, 5) is 61.1. The number of nitrogens with zero attached hydrogens (tertiary/aromatic N) is 1. The smallest absolute Gasteiger partial charge is 0.402 e. The molecule has 2 aliphatic rings. The van der Waals surface area contributed by atoms with Gasteiger partial charge in [-0.3, -0.25) is 19.3 Å². The minimum Gasteiger partial charge on any atom is -0.477 e. The Hall–Kier alpha value is -4.30. The number of carboxylic acids is 1. The zero-order valence-corrected chi connectivity index (χ0v) is 22.3. The number of nitrogens with one attached hydrogen (secondary N) is 2. The van der Waals surface area contributed by atoms with E-state index in [4.69, 9.17) is 14.6 Å². The molecule has 14 heteroatoms. The molecule has 1 aromatic carbocycles. The van der Waals surface area contributed by atoms with Gasteiger partial charge in [0.25, 0.3) is 5.91 Å². The third kappa shape index (κ3) is 7.85. The topological polar surface area (TPSA) is 192 Å². The number of aromatic amines is 1. The number of ether oxygens (including phenoxy) is 1. The SMILES string of the molecule is CC(=O)OCC1=C(C(=O)O)N2C(=O)[C@@H](NC(=O)Cc3cccs3)[C@H]2SC1.NC(=O)O.c1ccc2[nH]ccc2c1. The standard InChI is InChI=1S/C16H16N2O6S2.C8H7N.CH3NO2/c1-8(19)24-6-9-7-26-15-12(14(21)18(15)13(9)16(22)23)17-11(20)5-10-3-2-4-25-10;1-2-4-8-7(3-1)5-6-9-8;2-1(3)4/h2-4,12,15H,5-7H2,1H3,(H,17,20)(H,22,23);1-6,9H;2H2,(H,3,4)/t12-,15-;;/m1../s1. The van der Waals surface area contributed by atoms with Crippen LogP contribution in [0.25, 0.3) is 10.9 Å². The van der Waals surface area contributed by atoms with Gasteiger partial charge in [-0.15, -0.1) is 23.1 Å². The molecule has 1 saturated heterocycles. The number of hydrogen-bond donors (Lipinski definition) is 5. The van der Waals surface area contributed by atoms with E-state index < -0.39 is 35.4 Å². The van der Waals surface area contributed by atoms with Crippen LogP contribution in [-0.2, 0) is 30.3 Å². The molecular formula is C25H26N4O8S2. The minimum atomic E-state index is -1.33. The highest BCUT2D eigenvalue weighted by Gasteiger charge is 2.54. The lowest BCUT2D eigenvalue weighted by atomic mass is 10.0. The third-order valence-corrected chi connectivity index (χ3v) is 7.61. The van der Waals surface area contributed by atoms with Gasteiger partial charge in [-0.05, 0) is 29.0 Å². The van der Waals surface area contributed by atoms with Gasteiger partial charge in [0, 0.05) is 34.8 Å². The van der Waals surface area contributed by atoms with Crippen LogP contribution in [0.2, 0.25) is 0 Å². The van der Waals surface area contributed by atoms with Crippen LogP contribution in [-0.4, -0.2) is 73.7 Å². The molecule has 4 heterocycles. The number of aliphatic carboxylic acids is 1. The van der Waals surface area contributed by atoms with Crippen LogP contribution in [0.15, 0.2) is 65.3 Å². The van der Waals surface area contributed by atoms with E-state index in [0.29, 0.717) is 11.3 Å². The maximum absolute atomic E-state index is 12.4. The third-order valence-electron chi connectivity index (χ3n) is 5.39. The number of rotatable bonds is 6. The second-order valence-electron chi connectivity index (χ2n) is 8.15. The number of carbonyl (C=O) groups is 5. The molecule has 6 N–H and O–H groups in total. The van der Waals surface area contributed by atoms with Gasteiger partial charge in [-0.25, -0.2) is 9.59 Å². The van der Waals surface area contributed by atoms with Crippen LogP contribution in [0.5, 0.6) is 0 Å². The highest BCUT2D eigenvalue weighted by Crippen LogP contribution is 2.40. The molecule has 2 aliphatic heterocycles. The molecule has 0 bridgehead atoms. The number of fused-ring (bicyclic) bond motifs is 2. The number of H-pyrrole nitrogens is 1. The highest BCUT2D eigenvalue weighted by molar-refractivity contribution is 8.00. The quantitative estimate of drug-likeness (QED) is 0.217. The fraction of sp³-hybridized carbons (Fsp3) is 0.240. The first-order chi connectivity index (χ1) is 18.6. The van der Waals surface area contributed by atoms with Crippen LogP contribution < -0.4 is 11.1 Å². The highest BCUT2D eigenvalue weighted by atomic mass is 32.2. The zero-order valence-electron chi connectivity index (χ0n) is 20.7. The van der Waals surface area contributed by atoms with E-state index in [0.717, 1.165) is 9.78 Å². The van der Waals surface area contributed by atoms with E-state index >= 15 is 0 Å². The van der Waals surface area contributed by atoms with E-state index in [1.54, 1.807) is 0 Å². The molecule has 0 spiro atoms. The Bertz CT molecular complexity index is 1350. The molecule has 0 unspecified atom stereocenters. The molecule has 0 aliphatic carbocycles. The van der Waals surface area contributed by atoms with Gasteiger partial charge in [-0.2, -0.15) is 0 Å². The lowest BCUT2D eigenvalue weighted by Gasteiger charge is -2.49. The van der Waals surface area contributed by atoms with Gasteiger partial charge >= 0.3 is 18.0 Å². The molecule has 206 valence electrons. The number of benzene rings is 1. The number of thiophene rings is 1. The Morgan fingerprint density at radius 1 is 1.15 bits per heavy atom. The summed E-state index contributed by atoms with van der Waals surface area (Å²) in [5.74, 6) is -2.23. The molecule has 39 heavy (non-hydrogen) atoms. The number of aromatic nitrogens is 1. The van der Waals surface area contributed by atoms with Crippen molar-refractivity contribution in [2.75, 3.05) is 12.4 Å². The fourth-order valence-electron chi connectivity index (χ4n) is 3.77. The molecule has 1 fully saturated rings. The molecule has 5 rings (SSSR count). The van der Waals surface area contributed by atoms with Gasteiger partial charge in [-0.1, -0.05) is 24.3 Å². The van der Waals surface area contributed by atoms with Crippen LogP contribution in [0.3, 0.4) is 0 Å². The lowest BCUT2D eigenvalue weighted by Crippen LogP contribution is -2.70. The Labute approximate surface area is 230 Å². The van der Waals surface area contributed by atoms with Crippen molar-refractivity contribution in [2.45, 2.75) is 24.8 Å². The Kier molecular flexibility index (Phi) is 10.1. The predicted molar refractivity (Wildman–Crippen MR) is 145 cm³/mol. The fourth-order valence-corrected chi connectivity index (χ4v) is 5.80. The van der Waals surface area contributed by atoms with E-state index in [1.165, 1.54) is 40.9 Å². The molecular weight excluding hydrogens is 548 g/mol. The summed E-state index contributed by atoms with van der Waals surface area (Å²) in [6.07, 6.45) is 0.794.